The van der Waals surface area contributed by atoms with Crippen molar-refractivity contribution in [3.8, 4) is 5.75 Å². The molecule has 0 heterocycles. The lowest BCUT2D eigenvalue weighted by atomic mass is 10.1. The van der Waals surface area contributed by atoms with E-state index in [1.807, 2.05) is 6.92 Å². The number of aromatic carboxylic acids is 1. The zero-order chi connectivity index (χ0) is 14.3. The number of halogens is 1. The lowest BCUT2D eigenvalue weighted by molar-refractivity contribution is 0.0692. The van der Waals surface area contributed by atoms with E-state index in [9.17, 15) is 9.18 Å². The van der Waals surface area contributed by atoms with Gasteiger partial charge in [-0.2, -0.15) is 0 Å². The van der Waals surface area contributed by atoms with Crippen LogP contribution in [0.5, 0.6) is 5.75 Å². The van der Waals surface area contributed by atoms with Crippen molar-refractivity contribution in [2.24, 2.45) is 0 Å². The van der Waals surface area contributed by atoms with Crippen LogP contribution < -0.4 is 4.74 Å². The molecule has 0 bridgehead atoms. The quantitative estimate of drug-likeness (QED) is 0.716. The average Bonchev–Trinajstić information content (AvgIpc) is 2.34. The summed E-state index contributed by atoms with van der Waals surface area (Å²) in [6, 6.07) is 3.86. The maximum Gasteiger partial charge on any atom is 0.338 e. The largest absolute Gasteiger partial charge is 0.491 e. The normalized spacial score (nSPS) is 12.2. The SMILES string of the molecule is CCCCCCC(C)Oc1ccc(C(=O)O)c(F)c1. The number of unbranched alkanes of at least 4 members (excludes halogenated alkanes) is 3. The molecule has 0 aliphatic heterocycles. The number of carboxylic acids is 1. The van der Waals surface area contributed by atoms with Crippen LogP contribution in [0.15, 0.2) is 18.2 Å². The molecule has 0 spiro atoms. The molecule has 1 unspecified atom stereocenters. The third-order valence-electron chi connectivity index (χ3n) is 2.97. The van der Waals surface area contributed by atoms with Gasteiger partial charge in [-0.1, -0.05) is 26.2 Å². The molecule has 1 aromatic carbocycles. The fourth-order valence-electron chi connectivity index (χ4n) is 1.89. The molecule has 1 atom stereocenters. The first-order chi connectivity index (χ1) is 9.04. The minimum Gasteiger partial charge on any atom is -0.491 e. The highest BCUT2D eigenvalue weighted by Gasteiger charge is 2.12. The summed E-state index contributed by atoms with van der Waals surface area (Å²) < 4.78 is 19.0. The van der Waals surface area contributed by atoms with Crippen LogP contribution in [0.1, 0.15) is 56.3 Å². The van der Waals surface area contributed by atoms with Gasteiger partial charge in [0.05, 0.1) is 11.7 Å². The molecule has 0 saturated carbocycles. The zero-order valence-electron chi connectivity index (χ0n) is 11.5. The van der Waals surface area contributed by atoms with Crippen LogP contribution in [-0.4, -0.2) is 17.2 Å². The Morgan fingerprint density at radius 1 is 1.37 bits per heavy atom. The first-order valence-electron chi connectivity index (χ1n) is 6.74. The number of hydrogen-bond acceptors (Lipinski definition) is 2. The molecular weight excluding hydrogens is 247 g/mol. The Balaban J connectivity index is 2.48. The van der Waals surface area contributed by atoms with E-state index in [4.69, 9.17) is 9.84 Å². The standard InChI is InChI=1S/C15H21FO3/c1-3-4-5-6-7-11(2)19-12-8-9-13(15(17)18)14(16)10-12/h8-11H,3-7H2,1-2H3,(H,17,18). The minimum atomic E-state index is -1.27. The molecule has 0 saturated heterocycles. The van der Waals surface area contributed by atoms with Crippen molar-refractivity contribution in [3.63, 3.8) is 0 Å². The maximum absolute atomic E-state index is 13.4. The Morgan fingerprint density at radius 3 is 2.68 bits per heavy atom. The smallest absolute Gasteiger partial charge is 0.338 e. The van der Waals surface area contributed by atoms with Gasteiger partial charge in [-0.3, -0.25) is 0 Å². The number of carboxylic acid groups (broad SMARTS) is 1. The van der Waals surface area contributed by atoms with Crippen LogP contribution >= 0.6 is 0 Å². The molecule has 106 valence electrons. The second-order valence-electron chi connectivity index (χ2n) is 4.72. The molecule has 0 aliphatic rings. The van der Waals surface area contributed by atoms with Crippen molar-refractivity contribution in [1.29, 1.82) is 0 Å². The molecule has 0 aromatic heterocycles. The number of rotatable bonds is 8. The third-order valence-corrected chi connectivity index (χ3v) is 2.97. The Kier molecular flexibility index (Phi) is 6.33. The van der Waals surface area contributed by atoms with E-state index < -0.39 is 11.8 Å². The van der Waals surface area contributed by atoms with Crippen molar-refractivity contribution in [2.75, 3.05) is 0 Å². The Bertz CT molecular complexity index is 418. The predicted octanol–water partition coefficient (Wildman–Crippen LogP) is 4.26. The van der Waals surface area contributed by atoms with Crippen molar-refractivity contribution in [2.45, 2.75) is 52.1 Å². The average molecular weight is 268 g/mol. The highest BCUT2D eigenvalue weighted by molar-refractivity contribution is 5.88. The van der Waals surface area contributed by atoms with Gasteiger partial charge in [0, 0.05) is 6.07 Å². The fourth-order valence-corrected chi connectivity index (χ4v) is 1.89. The highest BCUT2D eigenvalue weighted by atomic mass is 19.1. The molecule has 19 heavy (non-hydrogen) atoms. The molecular formula is C15H21FO3. The third kappa shape index (κ3) is 5.28. The van der Waals surface area contributed by atoms with Crippen LogP contribution in [0.25, 0.3) is 0 Å². The van der Waals surface area contributed by atoms with E-state index in [0.717, 1.165) is 18.9 Å². The Morgan fingerprint density at radius 2 is 2.11 bits per heavy atom. The van der Waals surface area contributed by atoms with Gasteiger partial charge in [0.15, 0.2) is 0 Å². The van der Waals surface area contributed by atoms with Gasteiger partial charge in [-0.25, -0.2) is 9.18 Å². The summed E-state index contributed by atoms with van der Waals surface area (Å²) in [4.78, 5) is 10.7. The molecule has 0 fully saturated rings. The maximum atomic E-state index is 13.4. The van der Waals surface area contributed by atoms with Gasteiger partial charge < -0.3 is 9.84 Å². The summed E-state index contributed by atoms with van der Waals surface area (Å²) >= 11 is 0. The van der Waals surface area contributed by atoms with Crippen LogP contribution in [0.4, 0.5) is 4.39 Å². The van der Waals surface area contributed by atoms with Crippen LogP contribution in [0, 0.1) is 5.82 Å². The first-order valence-corrected chi connectivity index (χ1v) is 6.74. The summed E-state index contributed by atoms with van der Waals surface area (Å²) in [5, 5.41) is 8.72. The topological polar surface area (TPSA) is 46.5 Å². The summed E-state index contributed by atoms with van der Waals surface area (Å²) in [7, 11) is 0. The van der Waals surface area contributed by atoms with Crippen LogP contribution in [0.2, 0.25) is 0 Å². The zero-order valence-corrected chi connectivity index (χ0v) is 11.5. The van der Waals surface area contributed by atoms with Crippen molar-refractivity contribution in [3.05, 3.63) is 29.6 Å². The van der Waals surface area contributed by atoms with Crippen LogP contribution in [-0.2, 0) is 0 Å². The molecule has 0 amide bonds. The first kappa shape index (κ1) is 15.5. The monoisotopic (exact) mass is 268 g/mol. The van der Waals surface area contributed by atoms with E-state index in [1.165, 1.54) is 31.4 Å². The molecule has 0 aliphatic carbocycles. The molecule has 3 nitrogen and oxygen atoms in total. The number of ether oxygens (including phenoxy) is 1. The summed E-state index contributed by atoms with van der Waals surface area (Å²) in [6.07, 6.45) is 5.60. The molecule has 1 N–H and O–H groups in total. The molecule has 1 rings (SSSR count). The van der Waals surface area contributed by atoms with Crippen LogP contribution in [0.3, 0.4) is 0 Å². The van der Waals surface area contributed by atoms with Gasteiger partial charge in [0.2, 0.25) is 0 Å². The number of carbonyl (C=O) groups is 1. The Labute approximate surface area is 113 Å². The fraction of sp³-hybridized carbons (Fsp3) is 0.533. The minimum absolute atomic E-state index is 0.00642. The van der Waals surface area contributed by atoms with E-state index in [0.29, 0.717) is 5.75 Å². The summed E-state index contributed by atoms with van der Waals surface area (Å²) in [5.41, 5.74) is -0.331. The van der Waals surface area contributed by atoms with Gasteiger partial charge in [-0.05, 0) is 31.9 Å². The van der Waals surface area contributed by atoms with E-state index in [2.05, 4.69) is 6.92 Å². The van der Waals surface area contributed by atoms with Crippen molar-refractivity contribution >= 4 is 5.97 Å². The lowest BCUT2D eigenvalue weighted by Gasteiger charge is -2.14. The van der Waals surface area contributed by atoms with E-state index in [-0.39, 0.29) is 11.7 Å². The van der Waals surface area contributed by atoms with E-state index >= 15 is 0 Å². The van der Waals surface area contributed by atoms with Crippen molar-refractivity contribution in [1.82, 2.24) is 0 Å². The molecule has 0 radical (unpaired) electrons. The second-order valence-corrected chi connectivity index (χ2v) is 4.72. The van der Waals surface area contributed by atoms with Gasteiger partial charge in [-0.15, -0.1) is 0 Å². The number of benzene rings is 1. The number of hydrogen-bond donors (Lipinski definition) is 1. The van der Waals surface area contributed by atoms with E-state index in [1.54, 1.807) is 0 Å². The highest BCUT2D eigenvalue weighted by Crippen LogP contribution is 2.19. The van der Waals surface area contributed by atoms with Gasteiger partial charge in [0.25, 0.3) is 0 Å². The Hall–Kier alpha value is -1.58. The summed E-state index contributed by atoms with van der Waals surface area (Å²) in [6.45, 7) is 4.10. The van der Waals surface area contributed by atoms with Gasteiger partial charge >= 0.3 is 5.97 Å². The molecule has 1 aromatic rings. The lowest BCUT2D eigenvalue weighted by Crippen LogP contribution is -2.12. The summed E-state index contributed by atoms with van der Waals surface area (Å²) in [5.74, 6) is -1.65. The molecule has 4 heteroatoms. The predicted molar refractivity (Wildman–Crippen MR) is 72.2 cm³/mol. The van der Waals surface area contributed by atoms with Gasteiger partial charge in [0.1, 0.15) is 11.6 Å². The van der Waals surface area contributed by atoms with Crippen molar-refractivity contribution < 1.29 is 19.0 Å². The second kappa shape index (κ2) is 7.77.